The van der Waals surface area contributed by atoms with Crippen LogP contribution in [0.25, 0.3) is 0 Å². The van der Waals surface area contributed by atoms with E-state index in [0.29, 0.717) is 48.6 Å². The lowest BCUT2D eigenvalue weighted by atomic mass is 9.79. The molecule has 0 atom stereocenters. The number of carbonyl (C=O) groups is 1. The lowest BCUT2D eigenvalue weighted by Gasteiger charge is -2.50. The molecule has 9 heteroatoms. The number of benzene rings is 1. The molecule has 0 amide bonds. The van der Waals surface area contributed by atoms with E-state index in [9.17, 15) is 9.90 Å². The van der Waals surface area contributed by atoms with E-state index >= 15 is 0 Å². The molecule has 0 radical (unpaired) electrons. The molecule has 3 aromatic rings. The zero-order valence-corrected chi connectivity index (χ0v) is 21.1. The van der Waals surface area contributed by atoms with Gasteiger partial charge in [0.1, 0.15) is 23.0 Å². The van der Waals surface area contributed by atoms with Gasteiger partial charge in [0.25, 0.3) is 0 Å². The number of carbonyl (C=O) groups excluding carboxylic acids is 1. The highest BCUT2D eigenvalue weighted by molar-refractivity contribution is 7.99. The number of aliphatic hydroxyl groups is 1. The minimum atomic E-state index is -0.618. The van der Waals surface area contributed by atoms with Gasteiger partial charge in [-0.1, -0.05) is 31.9 Å². The van der Waals surface area contributed by atoms with E-state index in [-0.39, 0.29) is 5.78 Å². The first kappa shape index (κ1) is 23.8. The molecule has 8 nitrogen and oxygen atoms in total. The maximum Gasteiger partial charge on any atom is 0.196 e. The van der Waals surface area contributed by atoms with E-state index in [1.165, 1.54) is 24.6 Å². The molecule has 2 fully saturated rings. The Bertz CT molecular complexity index is 1180. The number of hydrogen-bond acceptors (Lipinski definition) is 8. The Morgan fingerprint density at radius 3 is 2.57 bits per heavy atom. The predicted octanol–water partition coefficient (Wildman–Crippen LogP) is 4.67. The molecule has 1 saturated carbocycles. The summed E-state index contributed by atoms with van der Waals surface area (Å²) >= 11 is 1.48. The molecule has 5 rings (SSSR count). The molecule has 0 bridgehead atoms. The summed E-state index contributed by atoms with van der Waals surface area (Å²) in [5.74, 6) is 2.77. The minimum absolute atomic E-state index is 0.234. The molecule has 1 saturated heterocycles. The number of aryl methyl sites for hydroxylation is 1. The number of nitrogens with one attached hydrogen (secondary N) is 2. The van der Waals surface area contributed by atoms with Crippen LogP contribution in [0.1, 0.15) is 50.3 Å². The van der Waals surface area contributed by atoms with Crippen molar-refractivity contribution in [1.29, 1.82) is 0 Å². The Balaban J connectivity index is 1.35. The Morgan fingerprint density at radius 1 is 1.17 bits per heavy atom. The molecule has 0 spiro atoms. The average molecular weight is 493 g/mol. The van der Waals surface area contributed by atoms with Crippen LogP contribution in [0, 0.1) is 12.8 Å². The van der Waals surface area contributed by atoms with Crippen molar-refractivity contribution in [2.24, 2.45) is 5.92 Å². The van der Waals surface area contributed by atoms with Crippen molar-refractivity contribution in [1.82, 2.24) is 20.2 Å². The Morgan fingerprint density at radius 2 is 1.91 bits per heavy atom. The van der Waals surface area contributed by atoms with Crippen molar-refractivity contribution < 1.29 is 9.90 Å². The summed E-state index contributed by atoms with van der Waals surface area (Å²) in [6, 6.07) is 11.8. The van der Waals surface area contributed by atoms with E-state index in [4.69, 9.17) is 9.97 Å². The number of Topliss-reactive ketones (excluding diaryl/α,β-unsaturated/α-hetero) is 1. The number of ketones is 1. The second-order valence-corrected chi connectivity index (χ2v) is 10.8. The third kappa shape index (κ3) is 5.51. The molecule has 2 aliphatic rings. The van der Waals surface area contributed by atoms with Crippen molar-refractivity contribution in [3.8, 4) is 0 Å². The summed E-state index contributed by atoms with van der Waals surface area (Å²) < 4.78 is 0. The number of anilines is 3. The highest BCUT2D eigenvalue weighted by Crippen LogP contribution is 2.41. The van der Waals surface area contributed by atoms with Gasteiger partial charge >= 0.3 is 0 Å². The number of nitrogens with zero attached hydrogens (tertiary/aromatic N) is 4. The number of hydrogen-bond donors (Lipinski definition) is 3. The van der Waals surface area contributed by atoms with Gasteiger partial charge in [0.2, 0.25) is 0 Å². The monoisotopic (exact) mass is 492 g/mol. The van der Waals surface area contributed by atoms with Crippen LogP contribution in [0.2, 0.25) is 0 Å². The number of aromatic nitrogens is 4. The number of aromatic amines is 1. The van der Waals surface area contributed by atoms with Crippen LogP contribution in [0.15, 0.2) is 46.5 Å². The fourth-order valence-electron chi connectivity index (χ4n) is 4.93. The first-order valence-electron chi connectivity index (χ1n) is 12.3. The quantitative estimate of drug-likeness (QED) is 0.370. The molecule has 3 N–H and O–H groups in total. The Labute approximate surface area is 210 Å². The van der Waals surface area contributed by atoms with Gasteiger partial charge < -0.3 is 15.3 Å². The van der Waals surface area contributed by atoms with Crippen LogP contribution in [-0.2, 0) is 11.2 Å². The first-order chi connectivity index (χ1) is 16.9. The maximum absolute atomic E-state index is 11.7. The molecule has 3 heterocycles. The lowest BCUT2D eigenvalue weighted by Crippen LogP contribution is -2.65. The molecule has 1 aromatic carbocycles. The number of β-amino-alcohol motifs (C(OH)–C–C–N with tert-alkyl or cyclic N) is 1. The van der Waals surface area contributed by atoms with Gasteiger partial charge in [-0.3, -0.25) is 9.89 Å². The van der Waals surface area contributed by atoms with Crippen molar-refractivity contribution >= 4 is 35.0 Å². The molecule has 1 aliphatic carbocycles. The highest BCUT2D eigenvalue weighted by atomic mass is 32.2. The molecular formula is C26H32N6O2S. The van der Waals surface area contributed by atoms with Crippen LogP contribution in [0.3, 0.4) is 0 Å². The van der Waals surface area contributed by atoms with Gasteiger partial charge in [0.05, 0.1) is 13.1 Å². The summed E-state index contributed by atoms with van der Waals surface area (Å²) in [4.78, 5) is 24.4. The number of rotatable bonds is 9. The topological polar surface area (TPSA) is 107 Å². The van der Waals surface area contributed by atoms with Gasteiger partial charge in [-0.2, -0.15) is 5.10 Å². The molecule has 2 aromatic heterocycles. The number of H-pyrrole nitrogens is 1. The Hall–Kier alpha value is -2.91. The fraction of sp³-hybridized carbons (Fsp3) is 0.462. The van der Waals surface area contributed by atoms with E-state index < -0.39 is 5.60 Å². The second kappa shape index (κ2) is 9.99. The fourth-order valence-corrected chi connectivity index (χ4v) is 5.70. The van der Waals surface area contributed by atoms with E-state index in [0.717, 1.165) is 34.8 Å². The average Bonchev–Trinajstić information content (AvgIpc) is 3.50. The molecule has 1 aliphatic heterocycles. The lowest BCUT2D eigenvalue weighted by molar-refractivity contribution is -0.118. The van der Waals surface area contributed by atoms with Gasteiger partial charge in [-0.05, 0) is 55.1 Å². The zero-order valence-electron chi connectivity index (χ0n) is 20.3. The smallest absolute Gasteiger partial charge is 0.196 e. The van der Waals surface area contributed by atoms with Gasteiger partial charge in [0, 0.05) is 35.6 Å². The second-order valence-electron chi connectivity index (χ2n) is 9.71. The standard InChI is InChI=1S/C26H32N6O2S/c1-3-20(33)13-18-8-10-21(11-9-18)35-25-28-22(27-23-12-17(2)30-31-23)14-24(29-25)32-15-26(34,16-32)19-6-4-5-7-19/h8-12,14,19,34H,3-7,13,15-16H2,1-2H3,(H2,27,28,29,30,31). The predicted molar refractivity (Wildman–Crippen MR) is 137 cm³/mol. The highest BCUT2D eigenvalue weighted by Gasteiger charge is 2.48. The third-order valence-electron chi connectivity index (χ3n) is 6.95. The Kier molecular flexibility index (Phi) is 6.80. The van der Waals surface area contributed by atoms with Crippen molar-refractivity contribution in [3.05, 3.63) is 47.7 Å². The maximum atomic E-state index is 11.7. The van der Waals surface area contributed by atoms with Crippen molar-refractivity contribution in [2.45, 2.75) is 68.0 Å². The summed E-state index contributed by atoms with van der Waals surface area (Å²) in [5, 5.41) is 22.2. The van der Waals surface area contributed by atoms with E-state index in [1.54, 1.807) is 0 Å². The van der Waals surface area contributed by atoms with Crippen LogP contribution in [-0.4, -0.2) is 49.7 Å². The van der Waals surface area contributed by atoms with Gasteiger partial charge in [-0.15, -0.1) is 0 Å². The summed E-state index contributed by atoms with van der Waals surface area (Å²) in [6.45, 7) is 5.03. The summed E-state index contributed by atoms with van der Waals surface area (Å²) in [7, 11) is 0. The normalized spacial score (nSPS) is 17.4. The molecule has 0 unspecified atom stereocenters. The largest absolute Gasteiger partial charge is 0.386 e. The molecule has 35 heavy (non-hydrogen) atoms. The van der Waals surface area contributed by atoms with Crippen LogP contribution < -0.4 is 10.2 Å². The third-order valence-corrected chi connectivity index (χ3v) is 7.82. The van der Waals surface area contributed by atoms with Gasteiger partial charge in [-0.25, -0.2) is 9.97 Å². The van der Waals surface area contributed by atoms with Gasteiger partial charge in [0.15, 0.2) is 11.0 Å². The van der Waals surface area contributed by atoms with Crippen LogP contribution >= 0.6 is 11.8 Å². The minimum Gasteiger partial charge on any atom is -0.386 e. The van der Waals surface area contributed by atoms with E-state index in [1.807, 2.05) is 50.2 Å². The van der Waals surface area contributed by atoms with Crippen LogP contribution in [0.5, 0.6) is 0 Å². The van der Waals surface area contributed by atoms with Crippen molar-refractivity contribution in [2.75, 3.05) is 23.3 Å². The zero-order chi connectivity index (χ0) is 24.4. The van der Waals surface area contributed by atoms with Crippen molar-refractivity contribution in [3.63, 3.8) is 0 Å². The summed E-state index contributed by atoms with van der Waals surface area (Å²) in [5.41, 5.74) is 1.36. The van der Waals surface area contributed by atoms with E-state index in [2.05, 4.69) is 20.4 Å². The summed E-state index contributed by atoms with van der Waals surface area (Å²) in [6.07, 6.45) is 5.66. The van der Waals surface area contributed by atoms with Crippen LogP contribution in [0.4, 0.5) is 17.5 Å². The molecule has 184 valence electrons. The first-order valence-corrected chi connectivity index (χ1v) is 13.2. The SMILES string of the molecule is CCC(=O)Cc1ccc(Sc2nc(Nc3cc(C)[nH]n3)cc(N3CC(O)(C4CCCC4)C3)n2)cc1. The molecular weight excluding hydrogens is 460 g/mol.